The number of fused-ring (bicyclic) bond motifs is 1. The lowest BCUT2D eigenvalue weighted by atomic mass is 10.1. The number of anilines is 1. The highest BCUT2D eigenvalue weighted by Gasteiger charge is 2.11. The predicted octanol–water partition coefficient (Wildman–Crippen LogP) is 2.35. The first kappa shape index (κ1) is 17.2. The van der Waals surface area contributed by atoms with Gasteiger partial charge in [-0.3, -0.25) is 0 Å². The van der Waals surface area contributed by atoms with Gasteiger partial charge in [0.05, 0.1) is 6.61 Å². The van der Waals surface area contributed by atoms with Gasteiger partial charge in [0, 0.05) is 17.9 Å². The van der Waals surface area contributed by atoms with Crippen LogP contribution in [0.3, 0.4) is 0 Å². The molecule has 0 aliphatic heterocycles. The monoisotopic (exact) mass is 341 g/mol. The van der Waals surface area contributed by atoms with Crippen LogP contribution in [0.25, 0.3) is 5.78 Å². The second-order valence-electron chi connectivity index (χ2n) is 5.91. The summed E-state index contributed by atoms with van der Waals surface area (Å²) < 4.78 is 12.9. The van der Waals surface area contributed by atoms with Gasteiger partial charge in [-0.25, -0.2) is 4.98 Å². The number of nitrogens with two attached hydrogens (primary N) is 1. The van der Waals surface area contributed by atoms with Crippen LogP contribution in [0.15, 0.2) is 30.6 Å². The number of aryl methyl sites for hydroxylation is 2. The van der Waals surface area contributed by atoms with Crippen molar-refractivity contribution in [3.05, 3.63) is 47.4 Å². The van der Waals surface area contributed by atoms with E-state index in [1.165, 1.54) is 11.9 Å². The molecule has 0 saturated heterocycles. The quantitative estimate of drug-likeness (QED) is 0.633. The van der Waals surface area contributed by atoms with E-state index in [1.54, 1.807) is 4.52 Å². The Balaban J connectivity index is 1.40. The van der Waals surface area contributed by atoms with Gasteiger partial charge < -0.3 is 15.2 Å². The standard InChI is InChI=1S/C18H23N5O2/c1-13-5-3-6-15(11-13)25-10-9-24-8-4-7-16-14(2)22-18-20-12-21-23(18)17(16)19/h3,5-6,11-12H,4,7-10,19H2,1-2H3. The molecular formula is C18H23N5O2. The molecule has 2 N–H and O–H groups in total. The van der Waals surface area contributed by atoms with Crippen molar-refractivity contribution in [3.8, 4) is 5.75 Å². The Morgan fingerprint density at radius 2 is 2.04 bits per heavy atom. The molecule has 0 aliphatic carbocycles. The van der Waals surface area contributed by atoms with Crippen LogP contribution in [0.2, 0.25) is 0 Å². The predicted molar refractivity (Wildman–Crippen MR) is 95.7 cm³/mol. The molecule has 3 rings (SSSR count). The maximum Gasteiger partial charge on any atom is 0.254 e. The Labute approximate surface area is 146 Å². The van der Waals surface area contributed by atoms with E-state index in [1.807, 2.05) is 38.1 Å². The summed E-state index contributed by atoms with van der Waals surface area (Å²) in [6, 6.07) is 7.99. The largest absolute Gasteiger partial charge is 0.491 e. The highest BCUT2D eigenvalue weighted by atomic mass is 16.5. The smallest absolute Gasteiger partial charge is 0.254 e. The third-order valence-electron chi connectivity index (χ3n) is 3.97. The number of benzene rings is 1. The molecule has 2 heterocycles. The van der Waals surface area contributed by atoms with Crippen molar-refractivity contribution >= 4 is 11.6 Å². The van der Waals surface area contributed by atoms with Crippen LogP contribution < -0.4 is 10.5 Å². The average Bonchev–Trinajstić information content (AvgIpc) is 3.05. The highest BCUT2D eigenvalue weighted by molar-refractivity contribution is 5.49. The lowest BCUT2D eigenvalue weighted by Crippen LogP contribution is -2.11. The molecule has 0 spiro atoms. The minimum absolute atomic E-state index is 0.531. The summed E-state index contributed by atoms with van der Waals surface area (Å²) in [6.45, 7) is 5.73. The van der Waals surface area contributed by atoms with Gasteiger partial charge in [0.25, 0.3) is 5.78 Å². The van der Waals surface area contributed by atoms with Crippen molar-refractivity contribution in [2.45, 2.75) is 26.7 Å². The fourth-order valence-electron chi connectivity index (χ4n) is 2.70. The summed E-state index contributed by atoms with van der Waals surface area (Å²) in [7, 11) is 0. The van der Waals surface area contributed by atoms with Gasteiger partial charge in [-0.15, -0.1) is 0 Å². The Hall–Kier alpha value is -2.67. The van der Waals surface area contributed by atoms with Gasteiger partial charge >= 0.3 is 0 Å². The molecule has 0 unspecified atom stereocenters. The molecule has 0 saturated carbocycles. The van der Waals surface area contributed by atoms with Gasteiger partial charge in [0.15, 0.2) is 0 Å². The van der Waals surface area contributed by atoms with Crippen molar-refractivity contribution in [3.63, 3.8) is 0 Å². The van der Waals surface area contributed by atoms with Gasteiger partial charge in [-0.1, -0.05) is 12.1 Å². The van der Waals surface area contributed by atoms with E-state index in [0.717, 1.165) is 29.8 Å². The molecule has 7 heteroatoms. The van der Waals surface area contributed by atoms with Crippen molar-refractivity contribution < 1.29 is 9.47 Å². The zero-order valence-corrected chi connectivity index (χ0v) is 14.6. The minimum Gasteiger partial charge on any atom is -0.491 e. The molecule has 3 aromatic rings. The zero-order valence-electron chi connectivity index (χ0n) is 14.6. The number of ether oxygens (including phenoxy) is 2. The highest BCUT2D eigenvalue weighted by Crippen LogP contribution is 2.17. The molecule has 0 bridgehead atoms. The Kier molecular flexibility index (Phi) is 5.45. The first-order chi connectivity index (χ1) is 12.1. The molecule has 0 amide bonds. The van der Waals surface area contributed by atoms with Crippen molar-refractivity contribution in [1.29, 1.82) is 0 Å². The molecule has 1 aromatic carbocycles. The van der Waals surface area contributed by atoms with Crippen LogP contribution >= 0.6 is 0 Å². The van der Waals surface area contributed by atoms with Gasteiger partial charge in [-0.05, 0) is 44.4 Å². The Morgan fingerprint density at radius 1 is 1.16 bits per heavy atom. The maximum atomic E-state index is 6.16. The van der Waals surface area contributed by atoms with E-state index in [-0.39, 0.29) is 0 Å². The van der Waals surface area contributed by atoms with Crippen molar-refractivity contribution in [1.82, 2.24) is 19.6 Å². The molecule has 7 nitrogen and oxygen atoms in total. The first-order valence-corrected chi connectivity index (χ1v) is 8.37. The van der Waals surface area contributed by atoms with Gasteiger partial charge in [0.1, 0.15) is 24.5 Å². The number of hydrogen-bond donors (Lipinski definition) is 1. The Bertz CT molecular complexity index is 847. The zero-order chi connectivity index (χ0) is 17.6. The third kappa shape index (κ3) is 4.24. The SMILES string of the molecule is Cc1cccc(OCCOCCCc2c(C)nc3ncnn3c2N)c1. The first-order valence-electron chi connectivity index (χ1n) is 8.37. The number of hydrogen-bond acceptors (Lipinski definition) is 6. The molecule has 0 atom stereocenters. The van der Waals surface area contributed by atoms with Crippen molar-refractivity contribution in [2.24, 2.45) is 0 Å². The summed E-state index contributed by atoms with van der Waals surface area (Å²) in [5.41, 5.74) is 9.23. The Morgan fingerprint density at radius 3 is 2.88 bits per heavy atom. The van der Waals surface area contributed by atoms with Crippen LogP contribution in [0.4, 0.5) is 5.82 Å². The lowest BCUT2D eigenvalue weighted by molar-refractivity contribution is 0.0985. The van der Waals surface area contributed by atoms with E-state index in [9.17, 15) is 0 Å². The van der Waals surface area contributed by atoms with Gasteiger partial charge in [0.2, 0.25) is 0 Å². The molecule has 132 valence electrons. The second kappa shape index (κ2) is 7.94. The molecule has 2 aromatic heterocycles. The topological polar surface area (TPSA) is 87.6 Å². The number of nitrogen functional groups attached to an aromatic ring is 1. The minimum atomic E-state index is 0.531. The number of nitrogens with zero attached hydrogens (tertiary/aromatic N) is 4. The fourth-order valence-corrected chi connectivity index (χ4v) is 2.70. The molecule has 0 aliphatic rings. The van der Waals surface area contributed by atoms with Crippen LogP contribution in [0.1, 0.15) is 23.2 Å². The normalized spacial score (nSPS) is 11.1. The molecule has 25 heavy (non-hydrogen) atoms. The molecule has 0 radical (unpaired) electrons. The molecule has 0 fully saturated rings. The second-order valence-corrected chi connectivity index (χ2v) is 5.91. The maximum absolute atomic E-state index is 6.16. The van der Waals surface area contributed by atoms with E-state index in [2.05, 4.69) is 15.1 Å². The van der Waals surface area contributed by atoms with E-state index < -0.39 is 0 Å². The average molecular weight is 341 g/mol. The summed E-state index contributed by atoms with van der Waals surface area (Å²) in [6.07, 6.45) is 3.11. The van der Waals surface area contributed by atoms with Crippen molar-refractivity contribution in [2.75, 3.05) is 25.6 Å². The van der Waals surface area contributed by atoms with E-state index in [4.69, 9.17) is 15.2 Å². The lowest BCUT2D eigenvalue weighted by Gasteiger charge is -2.10. The summed E-state index contributed by atoms with van der Waals surface area (Å²) in [5.74, 6) is 2.00. The summed E-state index contributed by atoms with van der Waals surface area (Å²) in [5, 5.41) is 4.09. The summed E-state index contributed by atoms with van der Waals surface area (Å²) in [4.78, 5) is 8.48. The molecular weight excluding hydrogens is 318 g/mol. The van der Waals surface area contributed by atoms with Gasteiger partial charge in [-0.2, -0.15) is 14.6 Å². The number of aromatic nitrogens is 4. The van der Waals surface area contributed by atoms with E-state index >= 15 is 0 Å². The van der Waals surface area contributed by atoms with Crippen LogP contribution in [0.5, 0.6) is 5.75 Å². The van der Waals surface area contributed by atoms with Crippen LogP contribution in [-0.2, 0) is 11.2 Å². The van der Waals surface area contributed by atoms with Crippen LogP contribution in [-0.4, -0.2) is 39.4 Å². The van der Waals surface area contributed by atoms with Crippen LogP contribution in [0, 0.1) is 13.8 Å². The number of rotatable bonds is 8. The van der Waals surface area contributed by atoms with E-state index in [0.29, 0.717) is 31.4 Å². The summed E-state index contributed by atoms with van der Waals surface area (Å²) >= 11 is 0. The third-order valence-corrected chi connectivity index (χ3v) is 3.97. The fraction of sp³-hybridized carbons (Fsp3) is 0.389.